The Hall–Kier alpha value is -2.62. The molecule has 3 aromatic rings. The molecule has 5 nitrogen and oxygen atoms in total. The van der Waals surface area contributed by atoms with E-state index in [0.717, 1.165) is 45.8 Å². The molecule has 0 saturated carbocycles. The van der Waals surface area contributed by atoms with Crippen LogP contribution < -0.4 is 15.0 Å². The number of fused-ring (bicyclic) bond motifs is 1. The zero-order valence-electron chi connectivity index (χ0n) is 15.9. The van der Waals surface area contributed by atoms with Crippen molar-refractivity contribution in [2.45, 2.75) is 20.3 Å². The lowest BCUT2D eigenvalue weighted by molar-refractivity contribution is 0.340. The highest BCUT2D eigenvalue weighted by atomic mass is 32.2. The highest BCUT2D eigenvalue weighted by molar-refractivity contribution is 8.00. The standard InChI is InChI=1S/C21H24N4OS/c1-4-12-27-25(23)16-8-11-18-19(14-22)21(24(3)20(18)13-16)15-6-9-17(10-7-15)26-5-2/h6-11,13H,4-5,12,23H2,1-3H3. The summed E-state index contributed by atoms with van der Waals surface area (Å²) in [5.74, 6) is 7.95. The summed E-state index contributed by atoms with van der Waals surface area (Å²) in [6.45, 7) is 4.72. The number of hydrogen-bond donors (Lipinski definition) is 1. The smallest absolute Gasteiger partial charge is 0.119 e. The first kappa shape index (κ1) is 19.2. The Labute approximate surface area is 164 Å². The lowest BCUT2D eigenvalue weighted by Crippen LogP contribution is -2.22. The van der Waals surface area contributed by atoms with E-state index in [2.05, 4.69) is 17.6 Å². The van der Waals surface area contributed by atoms with E-state index in [0.29, 0.717) is 12.2 Å². The summed E-state index contributed by atoms with van der Waals surface area (Å²) in [5, 5.41) is 10.7. The van der Waals surface area contributed by atoms with Gasteiger partial charge in [0.15, 0.2) is 0 Å². The molecule has 0 bridgehead atoms. The van der Waals surface area contributed by atoms with Gasteiger partial charge in [-0.05, 0) is 73.3 Å². The molecule has 2 N–H and O–H groups in total. The summed E-state index contributed by atoms with van der Waals surface area (Å²) >= 11 is 1.59. The van der Waals surface area contributed by atoms with Gasteiger partial charge in [-0.25, -0.2) is 5.84 Å². The average molecular weight is 381 g/mol. The summed E-state index contributed by atoms with van der Waals surface area (Å²) < 4.78 is 9.28. The van der Waals surface area contributed by atoms with Gasteiger partial charge in [-0.2, -0.15) is 5.26 Å². The predicted octanol–water partition coefficient (Wildman–Crippen LogP) is 4.85. The van der Waals surface area contributed by atoms with Crippen LogP contribution in [-0.2, 0) is 7.05 Å². The summed E-state index contributed by atoms with van der Waals surface area (Å²) in [6.07, 6.45) is 1.06. The molecule has 0 aliphatic heterocycles. The van der Waals surface area contributed by atoms with Crippen molar-refractivity contribution in [2.24, 2.45) is 12.9 Å². The molecule has 0 amide bonds. The number of hydrazine groups is 1. The fourth-order valence-corrected chi connectivity index (χ4v) is 3.79. The minimum absolute atomic E-state index is 0.630. The first-order valence-corrected chi connectivity index (χ1v) is 9.98. The molecule has 0 unspecified atom stereocenters. The zero-order chi connectivity index (χ0) is 19.4. The summed E-state index contributed by atoms with van der Waals surface area (Å²) in [5.41, 5.74) is 4.47. The van der Waals surface area contributed by atoms with Crippen LogP contribution in [0.3, 0.4) is 0 Å². The second-order valence-electron chi connectivity index (χ2n) is 6.21. The quantitative estimate of drug-likeness (QED) is 0.360. The van der Waals surface area contributed by atoms with Gasteiger partial charge < -0.3 is 9.30 Å². The molecular weight excluding hydrogens is 356 g/mol. The maximum absolute atomic E-state index is 9.80. The normalized spacial score (nSPS) is 10.8. The van der Waals surface area contributed by atoms with Gasteiger partial charge in [-0.15, -0.1) is 0 Å². The minimum Gasteiger partial charge on any atom is -0.494 e. The number of nitrogens with two attached hydrogens (primary N) is 1. The van der Waals surface area contributed by atoms with Crippen molar-refractivity contribution in [1.82, 2.24) is 4.57 Å². The molecule has 1 aromatic heterocycles. The number of nitrogens with zero attached hydrogens (tertiary/aromatic N) is 3. The van der Waals surface area contributed by atoms with Crippen molar-refractivity contribution in [3.63, 3.8) is 0 Å². The Morgan fingerprint density at radius 3 is 2.56 bits per heavy atom. The fourth-order valence-electron chi connectivity index (χ4n) is 3.15. The van der Waals surface area contributed by atoms with Crippen LogP contribution in [0.2, 0.25) is 0 Å². The van der Waals surface area contributed by atoms with Crippen LogP contribution in [0.1, 0.15) is 25.8 Å². The second kappa shape index (κ2) is 8.38. The van der Waals surface area contributed by atoms with Crippen molar-refractivity contribution in [1.29, 1.82) is 5.26 Å². The first-order chi connectivity index (χ1) is 13.1. The number of aromatic nitrogens is 1. The van der Waals surface area contributed by atoms with Crippen molar-refractivity contribution in [3.8, 4) is 23.1 Å². The largest absolute Gasteiger partial charge is 0.494 e. The van der Waals surface area contributed by atoms with E-state index in [4.69, 9.17) is 10.6 Å². The summed E-state index contributed by atoms with van der Waals surface area (Å²) in [6, 6.07) is 16.2. The molecule has 0 aliphatic rings. The van der Waals surface area contributed by atoms with Gasteiger partial charge in [0, 0.05) is 18.2 Å². The number of hydrogen-bond acceptors (Lipinski definition) is 5. The lowest BCUT2D eigenvalue weighted by Gasteiger charge is -2.17. The number of benzene rings is 2. The topological polar surface area (TPSA) is 67.2 Å². The average Bonchev–Trinajstić information content (AvgIpc) is 2.98. The van der Waals surface area contributed by atoms with E-state index in [1.165, 1.54) is 0 Å². The molecule has 1 heterocycles. The highest BCUT2D eigenvalue weighted by Crippen LogP contribution is 2.35. The molecule has 0 spiro atoms. The van der Waals surface area contributed by atoms with E-state index in [1.54, 1.807) is 16.4 Å². The van der Waals surface area contributed by atoms with E-state index >= 15 is 0 Å². The third-order valence-electron chi connectivity index (χ3n) is 4.42. The van der Waals surface area contributed by atoms with Crippen molar-refractivity contribution in [2.75, 3.05) is 16.8 Å². The zero-order valence-corrected chi connectivity index (χ0v) is 16.7. The Balaban J connectivity index is 2.08. The van der Waals surface area contributed by atoms with E-state index < -0.39 is 0 Å². The first-order valence-electron chi connectivity index (χ1n) is 9.04. The van der Waals surface area contributed by atoms with Gasteiger partial charge in [0.1, 0.15) is 11.8 Å². The van der Waals surface area contributed by atoms with Crippen LogP contribution in [0.4, 0.5) is 5.69 Å². The van der Waals surface area contributed by atoms with Crippen LogP contribution in [-0.4, -0.2) is 16.9 Å². The van der Waals surface area contributed by atoms with Crippen molar-refractivity contribution >= 4 is 28.5 Å². The monoisotopic (exact) mass is 380 g/mol. The van der Waals surface area contributed by atoms with Gasteiger partial charge in [-0.3, -0.25) is 4.41 Å². The molecule has 2 aromatic carbocycles. The van der Waals surface area contributed by atoms with Gasteiger partial charge in [-0.1, -0.05) is 6.92 Å². The molecule has 3 rings (SSSR count). The maximum atomic E-state index is 9.80. The second-order valence-corrected chi connectivity index (χ2v) is 7.27. The van der Waals surface area contributed by atoms with E-state index in [-0.39, 0.29) is 0 Å². The molecule has 0 atom stereocenters. The number of rotatable bonds is 7. The van der Waals surface area contributed by atoms with Crippen LogP contribution in [0.25, 0.3) is 22.2 Å². The number of aryl methyl sites for hydroxylation is 1. The molecular formula is C21H24N4OS. The SMILES string of the molecule is CCCSN(N)c1ccc2c(C#N)c(-c3ccc(OCC)cc3)n(C)c2c1. The van der Waals surface area contributed by atoms with E-state index in [1.807, 2.05) is 56.4 Å². The summed E-state index contributed by atoms with van der Waals surface area (Å²) in [7, 11) is 1.98. The highest BCUT2D eigenvalue weighted by Gasteiger charge is 2.18. The third kappa shape index (κ3) is 3.75. The molecule has 0 radical (unpaired) electrons. The minimum atomic E-state index is 0.630. The third-order valence-corrected chi connectivity index (χ3v) is 5.50. The molecule has 0 aliphatic carbocycles. The molecule has 0 saturated heterocycles. The lowest BCUT2D eigenvalue weighted by atomic mass is 10.1. The molecule has 27 heavy (non-hydrogen) atoms. The van der Waals surface area contributed by atoms with Crippen LogP contribution in [0.5, 0.6) is 5.75 Å². The fraction of sp³-hybridized carbons (Fsp3) is 0.286. The van der Waals surface area contributed by atoms with Gasteiger partial charge >= 0.3 is 0 Å². The predicted molar refractivity (Wildman–Crippen MR) is 114 cm³/mol. The van der Waals surface area contributed by atoms with Crippen LogP contribution in [0, 0.1) is 11.3 Å². The van der Waals surface area contributed by atoms with Crippen molar-refractivity contribution < 1.29 is 4.74 Å². The van der Waals surface area contributed by atoms with Gasteiger partial charge in [0.05, 0.1) is 29.1 Å². The molecule has 140 valence electrons. The Morgan fingerprint density at radius 2 is 1.93 bits per heavy atom. The number of nitriles is 1. The van der Waals surface area contributed by atoms with E-state index in [9.17, 15) is 5.26 Å². The Morgan fingerprint density at radius 1 is 1.19 bits per heavy atom. The molecule has 0 fully saturated rings. The Bertz CT molecular complexity index is 972. The Kier molecular flexibility index (Phi) is 5.94. The number of ether oxygens (including phenoxy) is 1. The van der Waals surface area contributed by atoms with Crippen molar-refractivity contribution in [3.05, 3.63) is 48.0 Å². The molecule has 6 heteroatoms. The van der Waals surface area contributed by atoms with Crippen LogP contribution in [0.15, 0.2) is 42.5 Å². The number of anilines is 1. The van der Waals surface area contributed by atoms with Crippen LogP contribution >= 0.6 is 11.9 Å². The maximum Gasteiger partial charge on any atom is 0.119 e. The van der Waals surface area contributed by atoms with Gasteiger partial charge in [0.25, 0.3) is 0 Å². The van der Waals surface area contributed by atoms with Gasteiger partial charge in [0.2, 0.25) is 0 Å². The summed E-state index contributed by atoms with van der Waals surface area (Å²) in [4.78, 5) is 0.